The van der Waals surface area contributed by atoms with Crippen LogP contribution in [0.1, 0.15) is 30.0 Å². The molecule has 0 aromatic heterocycles. The highest BCUT2D eigenvalue weighted by molar-refractivity contribution is 5.45. The third kappa shape index (κ3) is 4.39. The van der Waals surface area contributed by atoms with Crippen LogP contribution in [-0.2, 0) is 24.3 Å². The average Bonchev–Trinajstić information content (AvgIpc) is 2.48. The summed E-state index contributed by atoms with van der Waals surface area (Å²) in [5, 5.41) is 3.46. The van der Waals surface area contributed by atoms with Crippen LogP contribution < -0.4 is 5.32 Å². The van der Waals surface area contributed by atoms with E-state index in [2.05, 4.69) is 60.8 Å². The molecule has 0 unspecified atom stereocenters. The highest BCUT2D eigenvalue weighted by Crippen LogP contribution is 2.13. The first-order valence-electron chi connectivity index (χ1n) is 7.21. The quantitative estimate of drug-likeness (QED) is 0.804. The molecule has 0 aliphatic heterocycles. The summed E-state index contributed by atoms with van der Waals surface area (Å²) in [6, 6.07) is 17.2. The van der Waals surface area contributed by atoms with Gasteiger partial charge in [-0.25, -0.2) is 0 Å². The van der Waals surface area contributed by atoms with Gasteiger partial charge >= 0.3 is 0 Å². The standard InChI is InChI=1S/C18H23NO/c1-3-5-15-8-10-18(11-9-15)19-13-16-6-4-7-17(12-16)14-20-2/h4,6-12,19H,3,5,13-14H2,1-2H3. The number of anilines is 1. The molecular weight excluding hydrogens is 246 g/mol. The van der Waals surface area contributed by atoms with E-state index in [1.54, 1.807) is 7.11 Å². The lowest BCUT2D eigenvalue weighted by Gasteiger charge is -2.09. The summed E-state index contributed by atoms with van der Waals surface area (Å²) in [5.74, 6) is 0. The van der Waals surface area contributed by atoms with Crippen LogP contribution in [0.15, 0.2) is 48.5 Å². The van der Waals surface area contributed by atoms with Crippen LogP contribution in [0.5, 0.6) is 0 Å². The Morgan fingerprint density at radius 2 is 1.70 bits per heavy atom. The molecule has 0 amide bonds. The molecule has 106 valence electrons. The van der Waals surface area contributed by atoms with Gasteiger partial charge < -0.3 is 10.1 Å². The number of hydrogen-bond donors (Lipinski definition) is 1. The van der Waals surface area contributed by atoms with Crippen LogP contribution >= 0.6 is 0 Å². The van der Waals surface area contributed by atoms with Gasteiger partial charge in [-0.3, -0.25) is 0 Å². The van der Waals surface area contributed by atoms with E-state index >= 15 is 0 Å². The van der Waals surface area contributed by atoms with Crippen LogP contribution in [0.3, 0.4) is 0 Å². The Morgan fingerprint density at radius 1 is 0.950 bits per heavy atom. The van der Waals surface area contributed by atoms with E-state index in [4.69, 9.17) is 4.74 Å². The van der Waals surface area contributed by atoms with Crippen LogP contribution in [0, 0.1) is 0 Å². The van der Waals surface area contributed by atoms with Gasteiger partial charge in [0.2, 0.25) is 0 Å². The highest BCUT2D eigenvalue weighted by Gasteiger charge is 1.97. The molecule has 2 nitrogen and oxygen atoms in total. The minimum Gasteiger partial charge on any atom is -0.381 e. The van der Waals surface area contributed by atoms with E-state index in [-0.39, 0.29) is 0 Å². The summed E-state index contributed by atoms with van der Waals surface area (Å²) in [5.41, 5.74) is 5.06. The Kier molecular flexibility index (Phi) is 5.63. The van der Waals surface area contributed by atoms with Crippen molar-refractivity contribution in [2.24, 2.45) is 0 Å². The fraction of sp³-hybridized carbons (Fsp3) is 0.333. The van der Waals surface area contributed by atoms with Crippen molar-refractivity contribution in [2.75, 3.05) is 12.4 Å². The molecule has 2 aromatic carbocycles. The summed E-state index contributed by atoms with van der Waals surface area (Å²) < 4.78 is 5.16. The van der Waals surface area contributed by atoms with E-state index in [0.29, 0.717) is 6.61 Å². The number of benzene rings is 2. The zero-order valence-corrected chi connectivity index (χ0v) is 12.4. The second kappa shape index (κ2) is 7.71. The van der Waals surface area contributed by atoms with Crippen molar-refractivity contribution in [2.45, 2.75) is 32.9 Å². The van der Waals surface area contributed by atoms with Crippen LogP contribution in [0.25, 0.3) is 0 Å². The van der Waals surface area contributed by atoms with Crippen molar-refractivity contribution in [3.8, 4) is 0 Å². The first-order valence-corrected chi connectivity index (χ1v) is 7.21. The Morgan fingerprint density at radius 3 is 2.40 bits per heavy atom. The molecule has 1 N–H and O–H groups in total. The maximum Gasteiger partial charge on any atom is 0.0713 e. The molecule has 0 spiro atoms. The molecule has 2 aromatic rings. The van der Waals surface area contributed by atoms with Crippen LogP contribution in [0.4, 0.5) is 5.69 Å². The van der Waals surface area contributed by atoms with E-state index in [0.717, 1.165) is 13.0 Å². The molecule has 0 heterocycles. The third-order valence-electron chi connectivity index (χ3n) is 3.29. The molecule has 0 saturated carbocycles. The molecular formula is C18H23NO. The summed E-state index contributed by atoms with van der Waals surface area (Å²) in [4.78, 5) is 0. The zero-order chi connectivity index (χ0) is 14.2. The Labute approximate surface area is 121 Å². The molecule has 2 heteroatoms. The second-order valence-electron chi connectivity index (χ2n) is 5.05. The molecule has 0 aliphatic carbocycles. The number of hydrogen-bond acceptors (Lipinski definition) is 2. The Bertz CT molecular complexity index is 519. The van der Waals surface area contributed by atoms with Gasteiger partial charge in [0.25, 0.3) is 0 Å². The molecule has 2 rings (SSSR count). The van der Waals surface area contributed by atoms with Gasteiger partial charge in [-0.2, -0.15) is 0 Å². The monoisotopic (exact) mass is 269 g/mol. The number of ether oxygens (including phenoxy) is 1. The van der Waals surface area contributed by atoms with Gasteiger partial charge in [0, 0.05) is 19.3 Å². The van der Waals surface area contributed by atoms with Gasteiger partial charge in [-0.1, -0.05) is 49.7 Å². The smallest absolute Gasteiger partial charge is 0.0713 e. The normalized spacial score (nSPS) is 10.5. The number of rotatable bonds is 7. The first kappa shape index (κ1) is 14.6. The molecule has 0 saturated heterocycles. The van der Waals surface area contributed by atoms with Crippen LogP contribution in [-0.4, -0.2) is 7.11 Å². The topological polar surface area (TPSA) is 21.3 Å². The maximum atomic E-state index is 5.16. The largest absolute Gasteiger partial charge is 0.381 e. The molecule has 0 atom stereocenters. The Balaban J connectivity index is 1.92. The molecule has 0 bridgehead atoms. The lowest BCUT2D eigenvalue weighted by Crippen LogP contribution is -2.00. The van der Waals surface area contributed by atoms with Crippen molar-refractivity contribution in [3.05, 3.63) is 65.2 Å². The van der Waals surface area contributed by atoms with E-state index < -0.39 is 0 Å². The summed E-state index contributed by atoms with van der Waals surface area (Å²) in [6.07, 6.45) is 2.35. The zero-order valence-electron chi connectivity index (χ0n) is 12.4. The average molecular weight is 269 g/mol. The Hall–Kier alpha value is -1.80. The minimum atomic E-state index is 0.666. The van der Waals surface area contributed by atoms with Crippen molar-refractivity contribution < 1.29 is 4.74 Å². The molecule has 0 radical (unpaired) electrons. The summed E-state index contributed by atoms with van der Waals surface area (Å²) >= 11 is 0. The van der Waals surface area contributed by atoms with Crippen molar-refractivity contribution in [1.29, 1.82) is 0 Å². The van der Waals surface area contributed by atoms with Gasteiger partial charge in [0.05, 0.1) is 6.61 Å². The van der Waals surface area contributed by atoms with Gasteiger partial charge in [0.1, 0.15) is 0 Å². The highest BCUT2D eigenvalue weighted by atomic mass is 16.5. The molecule has 0 fully saturated rings. The number of methoxy groups -OCH3 is 1. The number of aryl methyl sites for hydroxylation is 1. The van der Waals surface area contributed by atoms with Crippen molar-refractivity contribution in [3.63, 3.8) is 0 Å². The maximum absolute atomic E-state index is 5.16. The lowest BCUT2D eigenvalue weighted by molar-refractivity contribution is 0.185. The molecule has 20 heavy (non-hydrogen) atoms. The van der Waals surface area contributed by atoms with Crippen molar-refractivity contribution in [1.82, 2.24) is 0 Å². The van der Waals surface area contributed by atoms with E-state index in [1.165, 1.54) is 28.8 Å². The van der Waals surface area contributed by atoms with E-state index in [9.17, 15) is 0 Å². The fourth-order valence-electron chi connectivity index (χ4n) is 2.28. The van der Waals surface area contributed by atoms with Crippen molar-refractivity contribution >= 4 is 5.69 Å². The van der Waals surface area contributed by atoms with E-state index in [1.807, 2.05) is 0 Å². The second-order valence-corrected chi connectivity index (χ2v) is 5.05. The predicted octanol–water partition coefficient (Wildman–Crippen LogP) is 4.40. The summed E-state index contributed by atoms with van der Waals surface area (Å²) in [6.45, 7) is 3.71. The predicted molar refractivity (Wildman–Crippen MR) is 84.9 cm³/mol. The molecule has 0 aliphatic rings. The SMILES string of the molecule is CCCc1ccc(NCc2cccc(COC)c2)cc1. The van der Waals surface area contributed by atoms with Crippen LogP contribution in [0.2, 0.25) is 0 Å². The van der Waals surface area contributed by atoms with Gasteiger partial charge in [-0.05, 0) is 35.2 Å². The van der Waals surface area contributed by atoms with Gasteiger partial charge in [-0.15, -0.1) is 0 Å². The number of nitrogens with one attached hydrogen (secondary N) is 1. The van der Waals surface area contributed by atoms with Gasteiger partial charge in [0.15, 0.2) is 0 Å². The third-order valence-corrected chi connectivity index (χ3v) is 3.29. The lowest BCUT2D eigenvalue weighted by atomic mass is 10.1. The minimum absolute atomic E-state index is 0.666. The summed E-state index contributed by atoms with van der Waals surface area (Å²) in [7, 11) is 1.72. The first-order chi connectivity index (χ1) is 9.81. The fourth-order valence-corrected chi connectivity index (χ4v) is 2.28.